The van der Waals surface area contributed by atoms with E-state index in [0.29, 0.717) is 12.5 Å². The van der Waals surface area contributed by atoms with Crippen LogP contribution in [0.4, 0.5) is 0 Å². The van der Waals surface area contributed by atoms with Crippen molar-refractivity contribution in [3.05, 3.63) is 71.3 Å². The number of thioether (sulfide) groups is 1. The maximum absolute atomic E-state index is 12.7. The summed E-state index contributed by atoms with van der Waals surface area (Å²) in [6.45, 7) is 5.73. The molecule has 1 unspecified atom stereocenters. The third-order valence-electron chi connectivity index (χ3n) is 4.12. The van der Waals surface area contributed by atoms with Gasteiger partial charge in [-0.2, -0.15) is 0 Å². The minimum absolute atomic E-state index is 0.0387. The molecule has 0 bridgehead atoms. The van der Waals surface area contributed by atoms with Crippen LogP contribution in [-0.4, -0.2) is 30.2 Å². The van der Waals surface area contributed by atoms with Crippen molar-refractivity contribution < 1.29 is 4.79 Å². The molecular formula is C22H30N2OS. The van der Waals surface area contributed by atoms with Gasteiger partial charge in [0.1, 0.15) is 0 Å². The third-order valence-corrected chi connectivity index (χ3v) is 5.74. The van der Waals surface area contributed by atoms with Gasteiger partial charge < -0.3 is 10.2 Å². The van der Waals surface area contributed by atoms with Gasteiger partial charge in [-0.25, -0.2) is 0 Å². The molecule has 1 N–H and O–H groups in total. The third kappa shape index (κ3) is 6.85. The topological polar surface area (TPSA) is 32.3 Å². The first-order chi connectivity index (χ1) is 12.5. The number of carbonyl (C=O) groups is 1. The zero-order valence-electron chi connectivity index (χ0n) is 16.2. The minimum Gasteiger partial charge on any atom is -0.351 e. The van der Waals surface area contributed by atoms with E-state index < -0.39 is 0 Å². The Balaban J connectivity index is 1.86. The molecule has 0 heterocycles. The van der Waals surface area contributed by atoms with Crippen molar-refractivity contribution in [2.75, 3.05) is 14.1 Å². The highest BCUT2D eigenvalue weighted by atomic mass is 32.2. The van der Waals surface area contributed by atoms with Crippen molar-refractivity contribution in [3.8, 4) is 0 Å². The predicted octanol–water partition coefficient (Wildman–Crippen LogP) is 4.32. The van der Waals surface area contributed by atoms with Crippen LogP contribution in [0.25, 0.3) is 0 Å². The van der Waals surface area contributed by atoms with Gasteiger partial charge >= 0.3 is 0 Å². The van der Waals surface area contributed by atoms with Gasteiger partial charge in [0.05, 0.1) is 5.25 Å². The van der Waals surface area contributed by atoms with Gasteiger partial charge in [0.15, 0.2) is 0 Å². The molecular weight excluding hydrogens is 340 g/mol. The zero-order valence-corrected chi connectivity index (χ0v) is 17.1. The van der Waals surface area contributed by atoms with Gasteiger partial charge in [-0.05, 0) is 36.7 Å². The van der Waals surface area contributed by atoms with Gasteiger partial charge in [0.2, 0.25) is 5.91 Å². The van der Waals surface area contributed by atoms with Crippen molar-refractivity contribution >= 4 is 17.7 Å². The van der Waals surface area contributed by atoms with E-state index in [4.69, 9.17) is 0 Å². The molecule has 140 valence electrons. The number of carbonyl (C=O) groups excluding carboxylic acids is 1. The maximum Gasteiger partial charge on any atom is 0.233 e. The highest BCUT2D eigenvalue weighted by Gasteiger charge is 2.22. The number of hydrogen-bond acceptors (Lipinski definition) is 3. The molecule has 0 aliphatic carbocycles. The van der Waals surface area contributed by atoms with E-state index >= 15 is 0 Å². The second-order valence-corrected chi connectivity index (χ2v) is 8.36. The number of nitrogens with one attached hydrogen (secondary N) is 1. The molecule has 0 spiro atoms. The van der Waals surface area contributed by atoms with Crippen LogP contribution in [0.3, 0.4) is 0 Å². The highest BCUT2D eigenvalue weighted by molar-refractivity contribution is 7.99. The summed E-state index contributed by atoms with van der Waals surface area (Å²) in [5.74, 6) is 1.28. The van der Waals surface area contributed by atoms with E-state index in [2.05, 4.69) is 74.6 Å². The van der Waals surface area contributed by atoms with Crippen molar-refractivity contribution in [1.82, 2.24) is 10.2 Å². The molecule has 4 heteroatoms. The van der Waals surface area contributed by atoms with Gasteiger partial charge in [0, 0.05) is 18.8 Å². The van der Waals surface area contributed by atoms with Crippen LogP contribution in [-0.2, 0) is 23.6 Å². The standard InChI is InChI=1S/C22H30N2OS/c1-17(2)21(26-16-20-8-6-5-7-9-20)22(25)23-14-18-10-12-19(13-11-18)15-24(3)4/h5-13,17,21H,14-16H2,1-4H3,(H,23,25). The highest BCUT2D eigenvalue weighted by Crippen LogP contribution is 2.24. The molecule has 1 amide bonds. The van der Waals surface area contributed by atoms with E-state index in [0.717, 1.165) is 17.9 Å². The molecule has 0 aromatic heterocycles. The Morgan fingerprint density at radius 2 is 1.58 bits per heavy atom. The lowest BCUT2D eigenvalue weighted by atomic mass is 10.1. The summed E-state index contributed by atoms with van der Waals surface area (Å²) in [5, 5.41) is 3.07. The maximum atomic E-state index is 12.7. The monoisotopic (exact) mass is 370 g/mol. The van der Waals surface area contributed by atoms with Crippen LogP contribution in [0.15, 0.2) is 54.6 Å². The fraction of sp³-hybridized carbons (Fsp3) is 0.409. The summed E-state index contributed by atoms with van der Waals surface area (Å²) in [4.78, 5) is 14.8. The number of nitrogens with zero attached hydrogens (tertiary/aromatic N) is 1. The Hall–Kier alpha value is -1.78. The second-order valence-electron chi connectivity index (χ2n) is 7.23. The molecule has 0 aliphatic rings. The average molecular weight is 371 g/mol. The number of hydrogen-bond donors (Lipinski definition) is 1. The molecule has 2 aromatic rings. The van der Waals surface area contributed by atoms with E-state index in [9.17, 15) is 4.79 Å². The van der Waals surface area contributed by atoms with Crippen LogP contribution in [0, 0.1) is 5.92 Å². The normalized spacial score (nSPS) is 12.4. The Morgan fingerprint density at radius 1 is 0.962 bits per heavy atom. The fourth-order valence-electron chi connectivity index (χ4n) is 2.75. The molecule has 0 saturated heterocycles. The van der Waals surface area contributed by atoms with Crippen molar-refractivity contribution in [3.63, 3.8) is 0 Å². The van der Waals surface area contributed by atoms with Crippen LogP contribution in [0.1, 0.15) is 30.5 Å². The van der Waals surface area contributed by atoms with E-state index in [1.54, 1.807) is 11.8 Å². The molecule has 0 fully saturated rings. The summed E-state index contributed by atoms with van der Waals surface area (Å²) in [5.41, 5.74) is 3.67. The summed E-state index contributed by atoms with van der Waals surface area (Å²) < 4.78 is 0. The molecule has 3 nitrogen and oxygen atoms in total. The van der Waals surface area contributed by atoms with E-state index in [1.165, 1.54) is 11.1 Å². The summed E-state index contributed by atoms with van der Waals surface area (Å²) in [6, 6.07) is 18.8. The lowest BCUT2D eigenvalue weighted by Crippen LogP contribution is -2.35. The molecule has 26 heavy (non-hydrogen) atoms. The van der Waals surface area contributed by atoms with E-state index in [1.807, 2.05) is 18.2 Å². The molecule has 2 rings (SSSR count). The van der Waals surface area contributed by atoms with Gasteiger partial charge in [-0.3, -0.25) is 4.79 Å². The Labute approximate surface area is 162 Å². The Morgan fingerprint density at radius 3 is 2.15 bits per heavy atom. The Bertz CT molecular complexity index is 668. The molecule has 0 aliphatic heterocycles. The van der Waals surface area contributed by atoms with Crippen LogP contribution in [0.5, 0.6) is 0 Å². The predicted molar refractivity (Wildman–Crippen MR) is 112 cm³/mol. The van der Waals surface area contributed by atoms with Crippen molar-refractivity contribution in [1.29, 1.82) is 0 Å². The smallest absolute Gasteiger partial charge is 0.233 e. The number of amides is 1. The average Bonchev–Trinajstić information content (AvgIpc) is 2.61. The summed E-state index contributed by atoms with van der Waals surface area (Å²) in [7, 11) is 4.13. The molecule has 1 atom stereocenters. The lowest BCUT2D eigenvalue weighted by Gasteiger charge is -2.20. The zero-order chi connectivity index (χ0) is 18.9. The number of rotatable bonds is 9. The molecule has 2 aromatic carbocycles. The summed E-state index contributed by atoms with van der Waals surface area (Å²) in [6.07, 6.45) is 0. The number of benzene rings is 2. The van der Waals surface area contributed by atoms with E-state index in [-0.39, 0.29) is 11.2 Å². The van der Waals surface area contributed by atoms with Gasteiger partial charge in [0.25, 0.3) is 0 Å². The summed E-state index contributed by atoms with van der Waals surface area (Å²) >= 11 is 1.72. The Kier molecular flexibility index (Phi) is 8.20. The lowest BCUT2D eigenvalue weighted by molar-refractivity contribution is -0.121. The minimum atomic E-state index is -0.0387. The molecule has 0 radical (unpaired) electrons. The van der Waals surface area contributed by atoms with Crippen molar-refractivity contribution in [2.45, 2.75) is 37.9 Å². The van der Waals surface area contributed by atoms with Crippen LogP contribution < -0.4 is 5.32 Å². The first-order valence-electron chi connectivity index (χ1n) is 9.11. The van der Waals surface area contributed by atoms with Gasteiger partial charge in [-0.1, -0.05) is 68.4 Å². The van der Waals surface area contributed by atoms with Crippen LogP contribution >= 0.6 is 11.8 Å². The SMILES string of the molecule is CC(C)C(SCc1ccccc1)C(=O)NCc1ccc(CN(C)C)cc1. The quantitative estimate of drug-likeness (QED) is 0.713. The largest absolute Gasteiger partial charge is 0.351 e. The first kappa shape index (κ1) is 20.5. The van der Waals surface area contributed by atoms with Gasteiger partial charge in [-0.15, -0.1) is 11.8 Å². The fourth-order valence-corrected chi connectivity index (χ4v) is 3.93. The molecule has 0 saturated carbocycles. The van der Waals surface area contributed by atoms with Crippen LogP contribution in [0.2, 0.25) is 0 Å². The first-order valence-corrected chi connectivity index (χ1v) is 10.2. The second kappa shape index (κ2) is 10.4. The van der Waals surface area contributed by atoms with Crippen molar-refractivity contribution in [2.24, 2.45) is 5.92 Å².